The average Bonchev–Trinajstić information content (AvgIpc) is 2.86. The summed E-state index contributed by atoms with van der Waals surface area (Å²) >= 11 is 0. The SMILES string of the molecule is Cc1ccc(N)c(C(=O)N2CCCC2CCCO)c1. The number of amides is 1. The fourth-order valence-corrected chi connectivity index (χ4v) is 2.74. The minimum atomic E-state index is 0.0293. The van der Waals surface area contributed by atoms with Gasteiger partial charge in [0.25, 0.3) is 5.91 Å². The van der Waals surface area contributed by atoms with Crippen LogP contribution < -0.4 is 5.73 Å². The van der Waals surface area contributed by atoms with E-state index < -0.39 is 0 Å². The van der Waals surface area contributed by atoms with Crippen LogP contribution in [0.4, 0.5) is 5.69 Å². The Hall–Kier alpha value is -1.55. The molecule has 0 radical (unpaired) electrons. The lowest BCUT2D eigenvalue weighted by atomic mass is 10.1. The average molecular weight is 262 g/mol. The number of hydrogen-bond donors (Lipinski definition) is 2. The van der Waals surface area contributed by atoms with Crippen molar-refractivity contribution in [3.05, 3.63) is 29.3 Å². The third kappa shape index (κ3) is 3.07. The molecule has 19 heavy (non-hydrogen) atoms. The fourth-order valence-electron chi connectivity index (χ4n) is 2.74. The van der Waals surface area contributed by atoms with Crippen molar-refractivity contribution < 1.29 is 9.90 Å². The van der Waals surface area contributed by atoms with Gasteiger partial charge in [-0.05, 0) is 44.7 Å². The summed E-state index contributed by atoms with van der Waals surface area (Å²) in [5.74, 6) is 0.0293. The molecule has 0 aliphatic carbocycles. The molecule has 2 rings (SSSR count). The summed E-state index contributed by atoms with van der Waals surface area (Å²) < 4.78 is 0. The Bertz CT molecular complexity index is 459. The first-order valence-corrected chi connectivity index (χ1v) is 6.91. The molecule has 1 aromatic carbocycles. The third-order valence-corrected chi connectivity index (χ3v) is 3.77. The van der Waals surface area contributed by atoms with Crippen molar-refractivity contribution in [2.75, 3.05) is 18.9 Å². The summed E-state index contributed by atoms with van der Waals surface area (Å²) in [7, 11) is 0. The summed E-state index contributed by atoms with van der Waals surface area (Å²) in [6, 6.07) is 5.82. The van der Waals surface area contributed by atoms with Crippen LogP contribution in [0.25, 0.3) is 0 Å². The van der Waals surface area contributed by atoms with Crippen LogP contribution in [0.3, 0.4) is 0 Å². The van der Waals surface area contributed by atoms with Crippen LogP contribution >= 0.6 is 0 Å². The molecular weight excluding hydrogens is 240 g/mol. The zero-order valence-electron chi connectivity index (χ0n) is 11.4. The molecule has 1 aliphatic heterocycles. The Morgan fingerprint density at radius 1 is 1.53 bits per heavy atom. The van der Waals surface area contributed by atoms with E-state index in [1.54, 1.807) is 6.07 Å². The molecule has 4 nitrogen and oxygen atoms in total. The van der Waals surface area contributed by atoms with Gasteiger partial charge in [0.15, 0.2) is 0 Å². The zero-order valence-corrected chi connectivity index (χ0v) is 11.4. The molecule has 1 aromatic rings. The van der Waals surface area contributed by atoms with Gasteiger partial charge in [-0.2, -0.15) is 0 Å². The number of anilines is 1. The summed E-state index contributed by atoms with van der Waals surface area (Å²) in [4.78, 5) is 14.5. The first-order valence-electron chi connectivity index (χ1n) is 6.91. The molecule has 1 unspecified atom stereocenters. The summed E-state index contributed by atoms with van der Waals surface area (Å²) in [5, 5.41) is 8.93. The quantitative estimate of drug-likeness (QED) is 0.815. The molecule has 1 saturated heterocycles. The second kappa shape index (κ2) is 6.06. The van der Waals surface area contributed by atoms with Crippen molar-refractivity contribution in [3.63, 3.8) is 0 Å². The smallest absolute Gasteiger partial charge is 0.256 e. The Kier molecular flexibility index (Phi) is 4.43. The number of aliphatic hydroxyl groups is 1. The molecule has 1 aliphatic rings. The number of nitrogen functional groups attached to an aromatic ring is 1. The Morgan fingerprint density at radius 3 is 3.05 bits per heavy atom. The highest BCUT2D eigenvalue weighted by Gasteiger charge is 2.29. The van der Waals surface area contributed by atoms with E-state index in [1.165, 1.54) is 0 Å². The zero-order chi connectivity index (χ0) is 13.8. The predicted molar refractivity (Wildman–Crippen MR) is 76.0 cm³/mol. The summed E-state index contributed by atoms with van der Waals surface area (Å²) in [6.07, 6.45) is 3.68. The van der Waals surface area contributed by atoms with E-state index in [2.05, 4.69) is 0 Å². The topological polar surface area (TPSA) is 66.6 Å². The lowest BCUT2D eigenvalue weighted by molar-refractivity contribution is 0.0725. The maximum atomic E-state index is 12.6. The molecule has 0 saturated carbocycles. The van der Waals surface area contributed by atoms with Gasteiger partial charge in [-0.1, -0.05) is 11.6 Å². The van der Waals surface area contributed by atoms with E-state index in [-0.39, 0.29) is 18.6 Å². The second-order valence-electron chi connectivity index (χ2n) is 5.25. The van der Waals surface area contributed by atoms with Crippen molar-refractivity contribution in [1.82, 2.24) is 4.90 Å². The van der Waals surface area contributed by atoms with Gasteiger partial charge >= 0.3 is 0 Å². The highest BCUT2D eigenvalue weighted by molar-refractivity contribution is 5.99. The van der Waals surface area contributed by atoms with E-state index in [0.717, 1.165) is 37.8 Å². The van der Waals surface area contributed by atoms with E-state index >= 15 is 0 Å². The first-order chi connectivity index (χ1) is 9.13. The van der Waals surface area contributed by atoms with Gasteiger partial charge in [0, 0.05) is 24.9 Å². The van der Waals surface area contributed by atoms with Gasteiger partial charge in [-0.3, -0.25) is 4.79 Å². The van der Waals surface area contributed by atoms with Gasteiger partial charge in [-0.25, -0.2) is 0 Å². The predicted octanol–water partition coefficient (Wildman–Crippen LogP) is 1.95. The Morgan fingerprint density at radius 2 is 2.32 bits per heavy atom. The third-order valence-electron chi connectivity index (χ3n) is 3.77. The molecule has 3 N–H and O–H groups in total. The van der Waals surface area contributed by atoms with Crippen LogP contribution in [0, 0.1) is 6.92 Å². The molecule has 1 heterocycles. The van der Waals surface area contributed by atoms with Gasteiger partial charge in [0.05, 0.1) is 5.56 Å². The van der Waals surface area contributed by atoms with Crippen LogP contribution in [0.1, 0.15) is 41.6 Å². The molecule has 0 bridgehead atoms. The van der Waals surface area contributed by atoms with Crippen molar-refractivity contribution >= 4 is 11.6 Å². The number of likely N-dealkylation sites (tertiary alicyclic amines) is 1. The van der Waals surface area contributed by atoms with E-state index in [4.69, 9.17) is 10.8 Å². The Labute approximate surface area is 114 Å². The van der Waals surface area contributed by atoms with Crippen LogP contribution in [-0.2, 0) is 0 Å². The van der Waals surface area contributed by atoms with Crippen LogP contribution in [-0.4, -0.2) is 35.1 Å². The molecule has 1 amide bonds. The van der Waals surface area contributed by atoms with E-state index in [9.17, 15) is 4.79 Å². The van der Waals surface area contributed by atoms with Crippen LogP contribution in [0.2, 0.25) is 0 Å². The molecule has 104 valence electrons. The maximum absolute atomic E-state index is 12.6. The van der Waals surface area contributed by atoms with Gasteiger partial charge in [0.2, 0.25) is 0 Å². The number of benzene rings is 1. The molecule has 0 aromatic heterocycles. The highest BCUT2D eigenvalue weighted by Crippen LogP contribution is 2.25. The standard InChI is InChI=1S/C15H22N2O2/c1-11-6-7-14(16)13(10-11)15(19)17-8-2-4-12(17)5-3-9-18/h6-7,10,12,18H,2-5,8-9,16H2,1H3. The maximum Gasteiger partial charge on any atom is 0.256 e. The molecule has 1 atom stereocenters. The Balaban J connectivity index is 2.16. The van der Waals surface area contributed by atoms with Crippen LogP contribution in [0.15, 0.2) is 18.2 Å². The highest BCUT2D eigenvalue weighted by atomic mass is 16.3. The van der Waals surface area contributed by atoms with Gasteiger partial charge < -0.3 is 15.7 Å². The number of aryl methyl sites for hydroxylation is 1. The monoisotopic (exact) mass is 262 g/mol. The van der Waals surface area contributed by atoms with E-state index in [1.807, 2.05) is 24.0 Å². The first kappa shape index (κ1) is 13.9. The molecule has 1 fully saturated rings. The number of aliphatic hydroxyl groups excluding tert-OH is 1. The largest absolute Gasteiger partial charge is 0.398 e. The van der Waals surface area contributed by atoms with Crippen molar-refractivity contribution in [3.8, 4) is 0 Å². The summed E-state index contributed by atoms with van der Waals surface area (Å²) in [5.41, 5.74) is 8.11. The number of nitrogens with zero attached hydrogens (tertiary/aromatic N) is 1. The lowest BCUT2D eigenvalue weighted by Gasteiger charge is -2.25. The minimum absolute atomic E-state index is 0.0293. The lowest BCUT2D eigenvalue weighted by Crippen LogP contribution is -2.36. The van der Waals surface area contributed by atoms with Crippen molar-refractivity contribution in [1.29, 1.82) is 0 Å². The van der Waals surface area contributed by atoms with Crippen molar-refractivity contribution in [2.24, 2.45) is 0 Å². The van der Waals surface area contributed by atoms with E-state index in [0.29, 0.717) is 11.3 Å². The molecule has 4 heteroatoms. The fraction of sp³-hybridized carbons (Fsp3) is 0.533. The number of rotatable bonds is 4. The van der Waals surface area contributed by atoms with Crippen LogP contribution in [0.5, 0.6) is 0 Å². The number of carbonyl (C=O) groups excluding carboxylic acids is 1. The number of nitrogens with two attached hydrogens (primary N) is 1. The molecule has 0 spiro atoms. The summed E-state index contributed by atoms with van der Waals surface area (Å²) in [6.45, 7) is 2.94. The molecular formula is C15H22N2O2. The number of hydrogen-bond acceptors (Lipinski definition) is 3. The van der Waals surface area contributed by atoms with Gasteiger partial charge in [-0.15, -0.1) is 0 Å². The van der Waals surface area contributed by atoms with Crippen molar-refractivity contribution in [2.45, 2.75) is 38.6 Å². The normalized spacial score (nSPS) is 18.8. The number of carbonyl (C=O) groups is 1. The second-order valence-corrected chi connectivity index (χ2v) is 5.25. The van der Waals surface area contributed by atoms with Gasteiger partial charge in [0.1, 0.15) is 0 Å². The minimum Gasteiger partial charge on any atom is -0.398 e.